The van der Waals surface area contributed by atoms with Crippen LogP contribution in [0, 0.1) is 17.0 Å². The number of halogens is 2. The van der Waals surface area contributed by atoms with Crippen LogP contribution >= 0.6 is 0 Å². The second-order valence-electron chi connectivity index (χ2n) is 5.62. The minimum atomic E-state index is -0.866. The summed E-state index contributed by atoms with van der Waals surface area (Å²) >= 11 is 0. The van der Waals surface area contributed by atoms with Crippen LogP contribution in [0.2, 0.25) is 0 Å². The van der Waals surface area contributed by atoms with Crippen LogP contribution in [0.1, 0.15) is 38.3 Å². The molecule has 6 heteroatoms. The molecule has 0 fully saturated rings. The van der Waals surface area contributed by atoms with Gasteiger partial charge in [0.05, 0.1) is 7.11 Å². The molecule has 0 heterocycles. The van der Waals surface area contributed by atoms with E-state index in [1.54, 1.807) is 13.8 Å². The van der Waals surface area contributed by atoms with Gasteiger partial charge in [-0.1, -0.05) is 13.8 Å². The molecule has 0 bridgehead atoms. The molecular weight excluding hydrogens is 266 g/mol. The molecule has 0 aliphatic heterocycles. The molecule has 0 spiro atoms. The van der Waals surface area contributed by atoms with E-state index in [0.717, 1.165) is 12.1 Å². The van der Waals surface area contributed by atoms with Gasteiger partial charge in [0.25, 0.3) is 0 Å². The zero-order valence-electron chi connectivity index (χ0n) is 11.9. The normalized spacial score (nSPS) is 13.1. The number of carbonyl (C=O) groups excluding carboxylic acids is 1. The van der Waals surface area contributed by atoms with Crippen molar-refractivity contribution in [2.75, 3.05) is 7.11 Å². The van der Waals surface area contributed by atoms with E-state index >= 15 is 0 Å². The largest absolute Gasteiger partial charge is 0.497 e. The van der Waals surface area contributed by atoms with E-state index in [4.69, 9.17) is 16.2 Å². The van der Waals surface area contributed by atoms with Gasteiger partial charge in [-0.2, -0.15) is 0 Å². The number of hydrogen-bond acceptors (Lipinski definition) is 3. The molecule has 1 aromatic carbocycles. The Morgan fingerprint density at radius 2 is 1.85 bits per heavy atom. The molecule has 1 atom stereocenters. The maximum absolute atomic E-state index is 13.9. The van der Waals surface area contributed by atoms with E-state index in [1.165, 1.54) is 7.11 Å². The van der Waals surface area contributed by atoms with Crippen LogP contribution < -0.4 is 16.2 Å². The molecule has 4 N–H and O–H groups in total. The summed E-state index contributed by atoms with van der Waals surface area (Å²) in [6.07, 6.45) is 0.330. The van der Waals surface area contributed by atoms with Crippen molar-refractivity contribution in [3.8, 4) is 5.75 Å². The fourth-order valence-corrected chi connectivity index (χ4v) is 2.27. The second kappa shape index (κ2) is 6.17. The molecule has 1 amide bonds. The number of primary amides is 1. The molecule has 0 aromatic heterocycles. The molecule has 1 rings (SSSR count). The third-order valence-electron chi connectivity index (χ3n) is 3.08. The summed E-state index contributed by atoms with van der Waals surface area (Å²) in [5, 5.41) is 0. The lowest BCUT2D eigenvalue weighted by Crippen LogP contribution is -2.27. The lowest BCUT2D eigenvalue weighted by atomic mass is 9.80. The molecule has 0 radical (unpaired) electrons. The first-order valence-corrected chi connectivity index (χ1v) is 6.23. The topological polar surface area (TPSA) is 78.3 Å². The van der Waals surface area contributed by atoms with Crippen molar-refractivity contribution in [1.82, 2.24) is 0 Å². The SMILES string of the molecule is COc1cc(F)c(C(N)CC(C)(C)CC(N)=O)c(F)c1. The highest BCUT2D eigenvalue weighted by Crippen LogP contribution is 2.34. The third-order valence-corrected chi connectivity index (χ3v) is 3.08. The number of methoxy groups -OCH3 is 1. The number of amides is 1. The van der Waals surface area contributed by atoms with E-state index in [0.29, 0.717) is 0 Å². The van der Waals surface area contributed by atoms with Gasteiger partial charge in [0.1, 0.15) is 17.4 Å². The standard InChI is InChI=1S/C14H20F2N2O2/c1-14(2,7-12(18)19)6-11(17)13-9(15)4-8(20-3)5-10(13)16/h4-5,11H,6-7,17H2,1-3H3,(H2,18,19). The Morgan fingerprint density at radius 3 is 2.25 bits per heavy atom. The summed E-state index contributed by atoms with van der Waals surface area (Å²) in [4.78, 5) is 11.0. The van der Waals surface area contributed by atoms with E-state index in [1.807, 2.05) is 0 Å². The summed E-state index contributed by atoms with van der Waals surface area (Å²) < 4.78 is 32.6. The Labute approximate surface area is 117 Å². The Kier molecular flexibility index (Phi) is 5.05. The van der Waals surface area contributed by atoms with E-state index in [9.17, 15) is 13.6 Å². The molecule has 0 aliphatic rings. The molecule has 0 aliphatic carbocycles. The van der Waals surface area contributed by atoms with Crippen LogP contribution in [0.3, 0.4) is 0 Å². The number of ether oxygens (including phenoxy) is 1. The number of carbonyl (C=O) groups is 1. The van der Waals surface area contributed by atoms with Gasteiger partial charge in [-0.15, -0.1) is 0 Å². The maximum Gasteiger partial charge on any atom is 0.217 e. The van der Waals surface area contributed by atoms with Crippen LogP contribution in [0.4, 0.5) is 8.78 Å². The molecule has 0 saturated heterocycles. The van der Waals surface area contributed by atoms with Crippen LogP contribution in [0.25, 0.3) is 0 Å². The molecule has 112 valence electrons. The monoisotopic (exact) mass is 286 g/mol. The quantitative estimate of drug-likeness (QED) is 0.842. The third kappa shape index (κ3) is 4.16. The van der Waals surface area contributed by atoms with Gasteiger partial charge < -0.3 is 16.2 Å². The highest BCUT2D eigenvalue weighted by Gasteiger charge is 2.27. The molecule has 1 aromatic rings. The van der Waals surface area contributed by atoms with Gasteiger partial charge in [0, 0.05) is 30.2 Å². The Hall–Kier alpha value is -1.69. The average molecular weight is 286 g/mol. The van der Waals surface area contributed by atoms with E-state index < -0.39 is 29.0 Å². The molecule has 0 saturated carbocycles. The molecule has 20 heavy (non-hydrogen) atoms. The molecule has 4 nitrogen and oxygen atoms in total. The smallest absolute Gasteiger partial charge is 0.217 e. The predicted octanol–water partition coefficient (Wildman–Crippen LogP) is 2.26. The van der Waals surface area contributed by atoms with Crippen molar-refractivity contribution < 1.29 is 18.3 Å². The zero-order valence-corrected chi connectivity index (χ0v) is 11.9. The first kappa shape index (κ1) is 16.4. The molecular formula is C14H20F2N2O2. The Balaban J connectivity index is 2.98. The van der Waals surface area contributed by atoms with Crippen molar-refractivity contribution in [2.45, 2.75) is 32.7 Å². The van der Waals surface area contributed by atoms with Crippen molar-refractivity contribution in [3.63, 3.8) is 0 Å². The van der Waals surface area contributed by atoms with Crippen molar-refractivity contribution in [2.24, 2.45) is 16.9 Å². The van der Waals surface area contributed by atoms with Crippen molar-refractivity contribution in [3.05, 3.63) is 29.3 Å². The fourth-order valence-electron chi connectivity index (χ4n) is 2.27. The lowest BCUT2D eigenvalue weighted by Gasteiger charge is -2.27. The van der Waals surface area contributed by atoms with Gasteiger partial charge >= 0.3 is 0 Å². The van der Waals surface area contributed by atoms with Gasteiger partial charge in [-0.25, -0.2) is 8.78 Å². The number of hydrogen-bond donors (Lipinski definition) is 2. The van der Waals surface area contributed by atoms with Gasteiger partial charge in [0.2, 0.25) is 5.91 Å². The van der Waals surface area contributed by atoms with Crippen molar-refractivity contribution >= 4 is 5.91 Å². The Morgan fingerprint density at radius 1 is 1.35 bits per heavy atom. The van der Waals surface area contributed by atoms with Crippen LogP contribution in [0.5, 0.6) is 5.75 Å². The average Bonchev–Trinajstić information content (AvgIpc) is 2.24. The van der Waals surface area contributed by atoms with Crippen LogP contribution in [-0.4, -0.2) is 13.0 Å². The first-order valence-electron chi connectivity index (χ1n) is 6.23. The van der Waals surface area contributed by atoms with E-state index in [2.05, 4.69) is 0 Å². The highest BCUT2D eigenvalue weighted by atomic mass is 19.1. The van der Waals surface area contributed by atoms with Gasteiger partial charge in [-0.3, -0.25) is 4.79 Å². The lowest BCUT2D eigenvalue weighted by molar-refractivity contribution is -0.120. The number of rotatable bonds is 6. The number of benzene rings is 1. The minimum absolute atomic E-state index is 0.0901. The van der Waals surface area contributed by atoms with Gasteiger partial charge in [-0.05, 0) is 11.8 Å². The van der Waals surface area contributed by atoms with E-state index in [-0.39, 0.29) is 24.2 Å². The summed E-state index contributed by atoms with van der Waals surface area (Å²) in [6.45, 7) is 3.55. The maximum atomic E-state index is 13.9. The first-order chi connectivity index (χ1) is 9.16. The summed E-state index contributed by atoms with van der Waals surface area (Å²) in [5.74, 6) is -1.90. The van der Waals surface area contributed by atoms with Gasteiger partial charge in [0.15, 0.2) is 0 Å². The molecule has 1 unspecified atom stereocenters. The summed E-state index contributed by atoms with van der Waals surface area (Å²) in [5.41, 5.74) is 10.3. The second-order valence-corrected chi connectivity index (χ2v) is 5.62. The zero-order chi connectivity index (χ0) is 15.5. The Bertz CT molecular complexity index is 481. The fraction of sp³-hybridized carbons (Fsp3) is 0.500. The predicted molar refractivity (Wildman–Crippen MR) is 72.0 cm³/mol. The van der Waals surface area contributed by atoms with Crippen LogP contribution in [-0.2, 0) is 4.79 Å². The summed E-state index contributed by atoms with van der Waals surface area (Å²) in [7, 11) is 1.32. The van der Waals surface area contributed by atoms with Crippen LogP contribution in [0.15, 0.2) is 12.1 Å². The van der Waals surface area contributed by atoms with Crippen molar-refractivity contribution in [1.29, 1.82) is 0 Å². The number of nitrogens with two attached hydrogens (primary N) is 2. The summed E-state index contributed by atoms with van der Waals surface area (Å²) in [6, 6.07) is 1.30. The minimum Gasteiger partial charge on any atom is -0.497 e. The highest BCUT2D eigenvalue weighted by molar-refractivity contribution is 5.74.